The molecule has 3 nitrogen and oxygen atoms in total. The van der Waals surface area contributed by atoms with E-state index in [1.165, 1.54) is 0 Å². The second-order valence-electron chi connectivity index (χ2n) is 3.02. The number of ether oxygens (including phenoxy) is 1. The lowest BCUT2D eigenvalue weighted by molar-refractivity contribution is -0.132. The van der Waals surface area contributed by atoms with Crippen LogP contribution in [-0.4, -0.2) is 23.6 Å². The summed E-state index contributed by atoms with van der Waals surface area (Å²) in [5.41, 5.74) is 0.440. The molecule has 0 saturated heterocycles. The second-order valence-corrected chi connectivity index (χ2v) is 3.40. The smallest absolute Gasteiger partial charge is 0.331 e. The molecule has 1 rings (SSSR count). The van der Waals surface area contributed by atoms with Gasteiger partial charge in [-0.05, 0) is 25.0 Å². The van der Waals surface area contributed by atoms with Gasteiger partial charge in [-0.25, -0.2) is 4.79 Å². The summed E-state index contributed by atoms with van der Waals surface area (Å²) in [6, 6.07) is 0. The van der Waals surface area contributed by atoms with Gasteiger partial charge in [0.2, 0.25) is 0 Å². The van der Waals surface area contributed by atoms with E-state index in [1.807, 2.05) is 0 Å². The number of allylic oxidation sites excluding steroid dienone is 3. The summed E-state index contributed by atoms with van der Waals surface area (Å²) in [7, 11) is 0. The summed E-state index contributed by atoms with van der Waals surface area (Å²) in [5, 5.41) is 8.68. The van der Waals surface area contributed by atoms with E-state index in [0.717, 1.165) is 12.2 Å². The van der Waals surface area contributed by atoms with Gasteiger partial charge >= 0.3 is 5.97 Å². The number of alkyl halides is 1. The van der Waals surface area contributed by atoms with Crippen molar-refractivity contribution >= 4 is 17.6 Å². The highest BCUT2D eigenvalue weighted by molar-refractivity contribution is 6.17. The fraction of sp³-hybridized carbons (Fsp3) is 0.500. The zero-order chi connectivity index (χ0) is 10.4. The van der Waals surface area contributed by atoms with E-state index in [1.54, 1.807) is 12.2 Å². The highest BCUT2D eigenvalue weighted by Gasteiger charge is 2.12. The number of hydrogen-bond donors (Lipinski definition) is 1. The van der Waals surface area contributed by atoms with Crippen LogP contribution in [0.5, 0.6) is 0 Å². The molecule has 0 fully saturated rings. The van der Waals surface area contributed by atoms with Crippen LogP contribution in [0.15, 0.2) is 23.5 Å². The number of hydrogen-bond acceptors (Lipinski definition) is 2. The Balaban J connectivity index is 2.39. The maximum Gasteiger partial charge on any atom is 0.331 e. The molecule has 0 amide bonds. The van der Waals surface area contributed by atoms with Crippen LogP contribution in [0.4, 0.5) is 0 Å². The first kappa shape index (κ1) is 11.1. The molecule has 0 unspecified atom stereocenters. The molecule has 4 heteroatoms. The molecule has 0 aromatic heterocycles. The molecule has 0 bridgehead atoms. The number of rotatable bonds is 5. The minimum atomic E-state index is -0.846. The summed E-state index contributed by atoms with van der Waals surface area (Å²) < 4.78 is 5.39. The molecule has 0 aromatic rings. The third-order valence-corrected chi connectivity index (χ3v) is 2.22. The van der Waals surface area contributed by atoms with Crippen molar-refractivity contribution in [3.63, 3.8) is 0 Å². The van der Waals surface area contributed by atoms with Crippen molar-refractivity contribution in [2.24, 2.45) is 0 Å². The Morgan fingerprint density at radius 1 is 1.50 bits per heavy atom. The van der Waals surface area contributed by atoms with E-state index >= 15 is 0 Å². The molecule has 0 atom stereocenters. The molecule has 0 aromatic carbocycles. The van der Waals surface area contributed by atoms with Crippen LogP contribution >= 0.6 is 11.6 Å². The van der Waals surface area contributed by atoms with Gasteiger partial charge in [0.05, 0.1) is 12.4 Å². The lowest BCUT2D eigenvalue weighted by Gasteiger charge is -2.13. The predicted octanol–water partition coefficient (Wildman–Crippen LogP) is 2.32. The molecular weight excluding hydrogens is 204 g/mol. The molecule has 1 aliphatic carbocycles. The minimum Gasteiger partial charge on any atom is -0.498 e. The molecule has 1 aliphatic rings. The molecule has 14 heavy (non-hydrogen) atoms. The van der Waals surface area contributed by atoms with E-state index in [0.29, 0.717) is 30.9 Å². The minimum absolute atomic E-state index is 0.440. The van der Waals surface area contributed by atoms with E-state index in [-0.39, 0.29) is 0 Å². The molecule has 1 N–H and O–H groups in total. The van der Waals surface area contributed by atoms with Crippen molar-refractivity contribution in [1.29, 1.82) is 0 Å². The first-order valence-electron chi connectivity index (χ1n) is 4.56. The number of carboxylic acid groups (broad SMARTS) is 1. The number of aliphatic carboxylic acids is 1. The quantitative estimate of drug-likeness (QED) is 0.567. The standard InChI is InChI=1S/C10H13ClO3/c11-6-1-7-14-9-4-2-8(3-5-9)10(12)13/h2,4H,1,3,5-7H2,(H,12,13). The van der Waals surface area contributed by atoms with Crippen LogP contribution in [0.3, 0.4) is 0 Å². The van der Waals surface area contributed by atoms with Gasteiger partial charge in [0.25, 0.3) is 0 Å². The topological polar surface area (TPSA) is 46.5 Å². The maximum absolute atomic E-state index is 10.6. The van der Waals surface area contributed by atoms with Crippen LogP contribution in [0.2, 0.25) is 0 Å². The van der Waals surface area contributed by atoms with Gasteiger partial charge in [0, 0.05) is 17.9 Å². The van der Waals surface area contributed by atoms with E-state index in [4.69, 9.17) is 21.4 Å². The Morgan fingerprint density at radius 3 is 2.79 bits per heavy atom. The predicted molar refractivity (Wildman–Crippen MR) is 54.3 cm³/mol. The normalized spacial score (nSPS) is 15.8. The SMILES string of the molecule is O=C(O)C1=CC=C(OCCCCl)CC1. The summed E-state index contributed by atoms with van der Waals surface area (Å²) in [4.78, 5) is 10.6. The van der Waals surface area contributed by atoms with Gasteiger partial charge in [-0.2, -0.15) is 0 Å². The highest BCUT2D eigenvalue weighted by Crippen LogP contribution is 2.19. The zero-order valence-electron chi connectivity index (χ0n) is 7.83. The molecule has 0 radical (unpaired) electrons. The monoisotopic (exact) mass is 216 g/mol. The summed E-state index contributed by atoms with van der Waals surface area (Å²) in [6.07, 6.45) is 5.35. The number of carboxylic acids is 1. The molecule has 78 valence electrons. The highest BCUT2D eigenvalue weighted by atomic mass is 35.5. The van der Waals surface area contributed by atoms with Gasteiger partial charge in [0.1, 0.15) is 0 Å². The molecule has 0 heterocycles. The van der Waals surface area contributed by atoms with E-state index in [9.17, 15) is 4.79 Å². The second kappa shape index (κ2) is 5.70. The summed E-state index contributed by atoms with van der Waals surface area (Å²) in [6.45, 7) is 0.603. The van der Waals surface area contributed by atoms with Gasteiger partial charge < -0.3 is 9.84 Å². The van der Waals surface area contributed by atoms with Crippen LogP contribution < -0.4 is 0 Å². The molecular formula is C10H13ClO3. The fourth-order valence-electron chi connectivity index (χ4n) is 1.17. The van der Waals surface area contributed by atoms with Gasteiger partial charge in [-0.1, -0.05) is 0 Å². The average molecular weight is 217 g/mol. The van der Waals surface area contributed by atoms with Crippen molar-refractivity contribution in [1.82, 2.24) is 0 Å². The van der Waals surface area contributed by atoms with Crippen molar-refractivity contribution in [2.45, 2.75) is 19.3 Å². The molecule has 0 spiro atoms. The largest absolute Gasteiger partial charge is 0.498 e. The average Bonchev–Trinajstić information content (AvgIpc) is 2.19. The zero-order valence-corrected chi connectivity index (χ0v) is 8.59. The lowest BCUT2D eigenvalue weighted by Crippen LogP contribution is -2.06. The van der Waals surface area contributed by atoms with Gasteiger partial charge in [-0.15, -0.1) is 11.6 Å². The number of halogens is 1. The Morgan fingerprint density at radius 2 is 2.29 bits per heavy atom. The van der Waals surface area contributed by atoms with Crippen LogP contribution in [0.25, 0.3) is 0 Å². The first-order chi connectivity index (χ1) is 6.74. The summed E-state index contributed by atoms with van der Waals surface area (Å²) in [5.74, 6) is 0.588. The fourth-order valence-corrected chi connectivity index (χ4v) is 1.28. The van der Waals surface area contributed by atoms with Crippen LogP contribution in [-0.2, 0) is 9.53 Å². The van der Waals surface area contributed by atoms with Crippen molar-refractivity contribution < 1.29 is 14.6 Å². The Kier molecular flexibility index (Phi) is 4.53. The Hall–Kier alpha value is -0.960. The van der Waals surface area contributed by atoms with Gasteiger partial charge in [-0.3, -0.25) is 0 Å². The van der Waals surface area contributed by atoms with E-state index in [2.05, 4.69) is 0 Å². The summed E-state index contributed by atoms with van der Waals surface area (Å²) >= 11 is 5.49. The van der Waals surface area contributed by atoms with Crippen LogP contribution in [0, 0.1) is 0 Å². The first-order valence-corrected chi connectivity index (χ1v) is 5.09. The molecule has 0 aliphatic heterocycles. The third-order valence-electron chi connectivity index (χ3n) is 1.95. The lowest BCUT2D eigenvalue weighted by atomic mass is 10.0. The Labute approximate surface area is 88.0 Å². The van der Waals surface area contributed by atoms with Crippen molar-refractivity contribution in [2.75, 3.05) is 12.5 Å². The maximum atomic E-state index is 10.6. The Bertz CT molecular complexity index is 269. The molecule has 0 saturated carbocycles. The van der Waals surface area contributed by atoms with E-state index < -0.39 is 5.97 Å². The van der Waals surface area contributed by atoms with Crippen molar-refractivity contribution in [3.05, 3.63) is 23.5 Å². The number of carbonyl (C=O) groups is 1. The van der Waals surface area contributed by atoms with Crippen molar-refractivity contribution in [3.8, 4) is 0 Å². The van der Waals surface area contributed by atoms with Crippen LogP contribution in [0.1, 0.15) is 19.3 Å². The third kappa shape index (κ3) is 3.42. The van der Waals surface area contributed by atoms with Gasteiger partial charge in [0.15, 0.2) is 0 Å².